The molecule has 2 N–H and O–H groups in total. The molecule has 1 saturated carbocycles. The van der Waals surface area contributed by atoms with Crippen LogP contribution in [0.3, 0.4) is 0 Å². The minimum absolute atomic E-state index is 0.169. The summed E-state index contributed by atoms with van der Waals surface area (Å²) in [5.41, 5.74) is 1.02. The number of hydrogen-bond acceptors (Lipinski definition) is 6. The smallest absolute Gasteiger partial charge is 0.138 e. The number of aryl methyl sites for hydroxylation is 2. The Hall–Kier alpha value is -2.02. The summed E-state index contributed by atoms with van der Waals surface area (Å²) < 4.78 is 1.77. The summed E-state index contributed by atoms with van der Waals surface area (Å²) in [6.45, 7) is 2.64. The minimum atomic E-state index is -0.169. The normalized spacial score (nSPS) is 21.1. The number of hydrogen-bond donors (Lipinski definition) is 2. The Morgan fingerprint density at radius 2 is 2.19 bits per heavy atom. The van der Waals surface area contributed by atoms with Gasteiger partial charge in [0.05, 0.1) is 6.10 Å². The molecule has 0 amide bonds. The van der Waals surface area contributed by atoms with Crippen LogP contribution in [-0.2, 0) is 13.5 Å². The molecule has 0 aromatic carbocycles. The first-order chi connectivity index (χ1) is 10.1. The summed E-state index contributed by atoms with van der Waals surface area (Å²) in [6.07, 6.45) is 3.78. The average molecular weight is 288 g/mol. The summed E-state index contributed by atoms with van der Waals surface area (Å²) in [6, 6.07) is 1.99. The van der Waals surface area contributed by atoms with E-state index in [4.69, 9.17) is 0 Å². The lowest BCUT2D eigenvalue weighted by Crippen LogP contribution is -2.27. The summed E-state index contributed by atoms with van der Waals surface area (Å²) in [5.74, 6) is 2.90. The Balaban J connectivity index is 1.61. The van der Waals surface area contributed by atoms with Gasteiger partial charge in [-0.15, -0.1) is 0 Å². The van der Waals surface area contributed by atoms with Gasteiger partial charge in [0.2, 0.25) is 0 Å². The fourth-order valence-electron chi connectivity index (χ4n) is 2.57. The molecule has 21 heavy (non-hydrogen) atoms. The summed E-state index contributed by atoms with van der Waals surface area (Å²) in [4.78, 5) is 13.1. The van der Waals surface area contributed by atoms with Gasteiger partial charge in [0.1, 0.15) is 23.8 Å². The van der Waals surface area contributed by atoms with Crippen molar-refractivity contribution in [2.24, 2.45) is 7.05 Å². The van der Waals surface area contributed by atoms with E-state index in [2.05, 4.69) is 25.4 Å². The molecule has 0 unspecified atom stereocenters. The molecular weight excluding hydrogens is 268 g/mol. The molecule has 1 aliphatic carbocycles. The van der Waals surface area contributed by atoms with Gasteiger partial charge in [0.15, 0.2) is 0 Å². The Morgan fingerprint density at radius 3 is 2.86 bits per heavy atom. The highest BCUT2D eigenvalue weighted by atomic mass is 16.3. The Labute approximate surface area is 123 Å². The van der Waals surface area contributed by atoms with E-state index in [1.54, 1.807) is 11.0 Å². The predicted molar refractivity (Wildman–Crippen MR) is 77.9 cm³/mol. The molecule has 2 heterocycles. The minimum Gasteiger partial charge on any atom is -0.393 e. The highest BCUT2D eigenvalue weighted by Gasteiger charge is 2.30. The lowest BCUT2D eigenvalue weighted by Gasteiger charge is -2.31. The van der Waals surface area contributed by atoms with Crippen LogP contribution in [0.1, 0.15) is 36.1 Å². The number of nitrogens with one attached hydrogen (secondary N) is 1. The van der Waals surface area contributed by atoms with Crippen LogP contribution < -0.4 is 5.32 Å². The lowest BCUT2D eigenvalue weighted by molar-refractivity contribution is 0.0731. The van der Waals surface area contributed by atoms with Crippen molar-refractivity contribution in [1.29, 1.82) is 0 Å². The van der Waals surface area contributed by atoms with Crippen molar-refractivity contribution in [3.8, 4) is 0 Å². The third kappa shape index (κ3) is 3.18. The molecular formula is C14H20N6O. The van der Waals surface area contributed by atoms with E-state index in [9.17, 15) is 5.11 Å². The second-order valence-electron chi connectivity index (χ2n) is 5.52. The van der Waals surface area contributed by atoms with E-state index in [1.807, 2.05) is 20.0 Å². The first kappa shape index (κ1) is 13.9. The standard InChI is InChI=1S/C14H20N6O/c1-9-18-12(10-5-11(21)6-10)7-13(19-9)15-4-3-14-16-8-17-20(14)2/h7-8,10-11,21H,3-6H2,1-2H3,(H,15,18,19). The van der Waals surface area contributed by atoms with E-state index in [1.165, 1.54) is 0 Å². The molecule has 2 aromatic rings. The van der Waals surface area contributed by atoms with Crippen molar-refractivity contribution in [2.45, 2.75) is 38.2 Å². The topological polar surface area (TPSA) is 88.8 Å². The van der Waals surface area contributed by atoms with Crippen molar-refractivity contribution in [2.75, 3.05) is 11.9 Å². The fraction of sp³-hybridized carbons (Fsp3) is 0.571. The maximum atomic E-state index is 9.42. The molecule has 112 valence electrons. The van der Waals surface area contributed by atoms with Gasteiger partial charge in [0.25, 0.3) is 0 Å². The van der Waals surface area contributed by atoms with Crippen LogP contribution in [0.5, 0.6) is 0 Å². The molecule has 0 radical (unpaired) electrons. The number of rotatable bonds is 5. The molecule has 0 saturated heterocycles. The lowest BCUT2D eigenvalue weighted by atomic mass is 9.80. The largest absolute Gasteiger partial charge is 0.393 e. The van der Waals surface area contributed by atoms with Crippen LogP contribution in [0.2, 0.25) is 0 Å². The van der Waals surface area contributed by atoms with Crippen molar-refractivity contribution in [3.63, 3.8) is 0 Å². The predicted octanol–water partition coefficient (Wildman–Crippen LogP) is 0.806. The first-order valence-corrected chi connectivity index (χ1v) is 7.22. The van der Waals surface area contributed by atoms with Crippen LogP contribution in [-0.4, -0.2) is 42.5 Å². The second kappa shape index (κ2) is 5.77. The molecule has 1 fully saturated rings. The maximum Gasteiger partial charge on any atom is 0.138 e. The van der Waals surface area contributed by atoms with Crippen LogP contribution in [0.4, 0.5) is 5.82 Å². The van der Waals surface area contributed by atoms with E-state index in [0.717, 1.165) is 49.0 Å². The quantitative estimate of drug-likeness (QED) is 0.846. The number of anilines is 1. The third-order valence-corrected chi connectivity index (χ3v) is 3.85. The number of aliphatic hydroxyl groups excluding tert-OH is 1. The van der Waals surface area contributed by atoms with E-state index >= 15 is 0 Å². The molecule has 0 spiro atoms. The molecule has 0 aliphatic heterocycles. The van der Waals surface area contributed by atoms with Gasteiger partial charge in [-0.2, -0.15) is 5.10 Å². The van der Waals surface area contributed by atoms with Crippen LogP contribution in [0.25, 0.3) is 0 Å². The van der Waals surface area contributed by atoms with Crippen LogP contribution in [0, 0.1) is 6.92 Å². The molecule has 0 bridgehead atoms. The van der Waals surface area contributed by atoms with Gasteiger partial charge >= 0.3 is 0 Å². The van der Waals surface area contributed by atoms with Gasteiger partial charge < -0.3 is 10.4 Å². The maximum absolute atomic E-state index is 9.42. The number of aliphatic hydroxyl groups is 1. The van der Waals surface area contributed by atoms with Crippen LogP contribution in [0.15, 0.2) is 12.4 Å². The number of nitrogens with zero attached hydrogens (tertiary/aromatic N) is 5. The second-order valence-corrected chi connectivity index (χ2v) is 5.52. The summed E-state index contributed by atoms with van der Waals surface area (Å²) in [7, 11) is 1.89. The number of aromatic nitrogens is 5. The summed E-state index contributed by atoms with van der Waals surface area (Å²) in [5, 5.41) is 16.8. The Morgan fingerprint density at radius 1 is 1.38 bits per heavy atom. The molecule has 7 nitrogen and oxygen atoms in total. The summed E-state index contributed by atoms with van der Waals surface area (Å²) >= 11 is 0. The van der Waals surface area contributed by atoms with Gasteiger partial charge in [0, 0.05) is 37.7 Å². The van der Waals surface area contributed by atoms with Gasteiger partial charge in [-0.25, -0.2) is 15.0 Å². The first-order valence-electron chi connectivity index (χ1n) is 7.22. The molecule has 3 rings (SSSR count). The zero-order valence-corrected chi connectivity index (χ0v) is 12.3. The molecule has 0 atom stereocenters. The Kier molecular flexibility index (Phi) is 3.83. The average Bonchev–Trinajstić information content (AvgIpc) is 2.80. The molecule has 2 aromatic heterocycles. The van der Waals surface area contributed by atoms with Gasteiger partial charge in [-0.3, -0.25) is 4.68 Å². The Bertz CT molecular complexity index is 620. The zero-order valence-electron chi connectivity index (χ0n) is 12.3. The fourth-order valence-corrected chi connectivity index (χ4v) is 2.57. The van der Waals surface area contributed by atoms with Crippen molar-refractivity contribution >= 4 is 5.82 Å². The van der Waals surface area contributed by atoms with Crippen molar-refractivity contribution < 1.29 is 5.11 Å². The highest BCUT2D eigenvalue weighted by molar-refractivity contribution is 5.37. The van der Waals surface area contributed by atoms with Crippen LogP contribution >= 0.6 is 0 Å². The third-order valence-electron chi connectivity index (χ3n) is 3.85. The SMILES string of the molecule is Cc1nc(NCCc2ncnn2C)cc(C2CC(O)C2)n1. The van der Waals surface area contributed by atoms with E-state index in [-0.39, 0.29) is 6.10 Å². The van der Waals surface area contributed by atoms with E-state index in [0.29, 0.717) is 5.92 Å². The van der Waals surface area contributed by atoms with Gasteiger partial charge in [-0.05, 0) is 19.8 Å². The van der Waals surface area contributed by atoms with Crippen molar-refractivity contribution in [1.82, 2.24) is 24.7 Å². The monoisotopic (exact) mass is 288 g/mol. The zero-order chi connectivity index (χ0) is 14.8. The van der Waals surface area contributed by atoms with Crippen molar-refractivity contribution in [3.05, 3.63) is 29.7 Å². The van der Waals surface area contributed by atoms with Gasteiger partial charge in [-0.1, -0.05) is 0 Å². The molecule has 1 aliphatic rings. The van der Waals surface area contributed by atoms with E-state index < -0.39 is 0 Å². The highest BCUT2D eigenvalue weighted by Crippen LogP contribution is 2.36. The molecule has 7 heteroatoms.